The lowest BCUT2D eigenvalue weighted by Crippen LogP contribution is -2.14. The van der Waals surface area contributed by atoms with Gasteiger partial charge in [0.25, 0.3) is 5.91 Å². The van der Waals surface area contributed by atoms with Crippen molar-refractivity contribution in [3.05, 3.63) is 58.9 Å². The maximum absolute atomic E-state index is 12.1. The minimum Gasteiger partial charge on any atom is -0.384 e. The number of amides is 1. The SMILES string of the molecule is Cc1cccc(C(=O)Nc2ccc(C#CCO)c(C)c2)n1. The molecule has 1 aromatic heterocycles. The van der Waals surface area contributed by atoms with Crippen molar-refractivity contribution >= 4 is 11.6 Å². The first-order valence-electron chi connectivity index (χ1n) is 6.55. The second-order valence-electron chi connectivity index (χ2n) is 4.61. The van der Waals surface area contributed by atoms with Gasteiger partial charge in [0.2, 0.25) is 0 Å². The number of pyridine rings is 1. The highest BCUT2D eigenvalue weighted by atomic mass is 16.2. The Morgan fingerprint density at radius 2 is 2.10 bits per heavy atom. The largest absolute Gasteiger partial charge is 0.384 e. The van der Waals surface area contributed by atoms with Gasteiger partial charge in [0.1, 0.15) is 12.3 Å². The van der Waals surface area contributed by atoms with E-state index >= 15 is 0 Å². The fourth-order valence-corrected chi connectivity index (χ4v) is 1.88. The van der Waals surface area contributed by atoms with E-state index in [1.54, 1.807) is 18.2 Å². The van der Waals surface area contributed by atoms with Crippen LogP contribution in [0.3, 0.4) is 0 Å². The van der Waals surface area contributed by atoms with Crippen molar-refractivity contribution in [1.29, 1.82) is 0 Å². The molecule has 1 aromatic carbocycles. The number of rotatable bonds is 2. The molecule has 4 nitrogen and oxygen atoms in total. The molecule has 0 fully saturated rings. The summed E-state index contributed by atoms with van der Waals surface area (Å²) in [6.07, 6.45) is 0. The molecule has 0 aliphatic rings. The lowest BCUT2D eigenvalue weighted by Gasteiger charge is -2.07. The number of nitrogens with zero attached hydrogens (tertiary/aromatic N) is 1. The third-order valence-corrected chi connectivity index (χ3v) is 2.91. The summed E-state index contributed by atoms with van der Waals surface area (Å²) in [4.78, 5) is 16.3. The summed E-state index contributed by atoms with van der Waals surface area (Å²) in [7, 11) is 0. The van der Waals surface area contributed by atoms with Gasteiger partial charge in [-0.05, 0) is 49.7 Å². The Labute approximate surface area is 123 Å². The molecule has 0 saturated carbocycles. The average Bonchev–Trinajstić information content (AvgIpc) is 2.46. The van der Waals surface area contributed by atoms with Gasteiger partial charge < -0.3 is 10.4 Å². The van der Waals surface area contributed by atoms with E-state index in [2.05, 4.69) is 22.1 Å². The van der Waals surface area contributed by atoms with E-state index in [9.17, 15) is 4.79 Å². The molecular weight excluding hydrogens is 264 g/mol. The van der Waals surface area contributed by atoms with Crippen molar-refractivity contribution in [2.75, 3.05) is 11.9 Å². The van der Waals surface area contributed by atoms with Crippen molar-refractivity contribution in [3.63, 3.8) is 0 Å². The molecule has 1 amide bonds. The fourth-order valence-electron chi connectivity index (χ4n) is 1.88. The normalized spacial score (nSPS) is 9.67. The second kappa shape index (κ2) is 6.69. The first kappa shape index (κ1) is 14.8. The van der Waals surface area contributed by atoms with Gasteiger partial charge in [-0.2, -0.15) is 0 Å². The predicted octanol–water partition coefficient (Wildman–Crippen LogP) is 2.29. The van der Waals surface area contributed by atoms with E-state index in [1.165, 1.54) is 0 Å². The molecule has 2 N–H and O–H groups in total. The molecule has 0 atom stereocenters. The summed E-state index contributed by atoms with van der Waals surface area (Å²) in [6.45, 7) is 3.58. The van der Waals surface area contributed by atoms with Gasteiger partial charge in [-0.25, -0.2) is 4.98 Å². The van der Waals surface area contributed by atoms with Crippen LogP contribution < -0.4 is 5.32 Å². The number of nitrogens with one attached hydrogen (secondary N) is 1. The zero-order valence-electron chi connectivity index (χ0n) is 12.0. The van der Waals surface area contributed by atoms with Crippen LogP contribution in [0, 0.1) is 25.7 Å². The molecule has 0 saturated heterocycles. The van der Waals surface area contributed by atoms with Crippen LogP contribution in [0.5, 0.6) is 0 Å². The van der Waals surface area contributed by atoms with E-state index in [0.29, 0.717) is 11.4 Å². The Hall–Kier alpha value is -2.64. The summed E-state index contributed by atoms with van der Waals surface area (Å²) >= 11 is 0. The minimum absolute atomic E-state index is 0.170. The standard InChI is InChI=1S/C17H16N2O2/c1-12-11-15(9-8-14(12)6-4-10-20)19-17(21)16-7-3-5-13(2)18-16/h3,5,7-9,11,20H,10H2,1-2H3,(H,19,21). The van der Waals surface area contributed by atoms with Crippen molar-refractivity contribution in [3.8, 4) is 11.8 Å². The molecule has 21 heavy (non-hydrogen) atoms. The number of aliphatic hydroxyl groups excluding tert-OH is 1. The van der Waals surface area contributed by atoms with Crippen molar-refractivity contribution in [1.82, 2.24) is 4.98 Å². The summed E-state index contributed by atoms with van der Waals surface area (Å²) in [6, 6.07) is 10.8. The summed E-state index contributed by atoms with van der Waals surface area (Å²) in [5.41, 5.74) is 3.64. The second-order valence-corrected chi connectivity index (χ2v) is 4.61. The molecule has 0 aliphatic heterocycles. The van der Waals surface area contributed by atoms with Gasteiger partial charge >= 0.3 is 0 Å². The molecule has 2 rings (SSSR count). The van der Waals surface area contributed by atoms with E-state index < -0.39 is 0 Å². The molecule has 0 bridgehead atoms. The van der Waals surface area contributed by atoms with Gasteiger partial charge in [-0.15, -0.1) is 0 Å². The summed E-state index contributed by atoms with van der Waals surface area (Å²) in [5.74, 6) is 5.22. The number of aliphatic hydroxyl groups is 1. The van der Waals surface area contributed by atoms with E-state index in [-0.39, 0.29) is 12.5 Å². The summed E-state index contributed by atoms with van der Waals surface area (Å²) < 4.78 is 0. The average molecular weight is 280 g/mol. The van der Waals surface area contributed by atoms with Crippen LogP contribution in [0.1, 0.15) is 27.3 Å². The maximum atomic E-state index is 12.1. The van der Waals surface area contributed by atoms with Crippen molar-refractivity contribution in [2.24, 2.45) is 0 Å². The summed E-state index contributed by atoms with van der Waals surface area (Å²) in [5, 5.41) is 11.5. The van der Waals surface area contributed by atoms with Crippen molar-refractivity contribution in [2.45, 2.75) is 13.8 Å². The van der Waals surface area contributed by atoms with Crippen LogP contribution in [0.15, 0.2) is 36.4 Å². The zero-order chi connectivity index (χ0) is 15.2. The Morgan fingerprint density at radius 1 is 1.29 bits per heavy atom. The number of aryl methyl sites for hydroxylation is 2. The van der Waals surface area contributed by atoms with Gasteiger partial charge in [0, 0.05) is 16.9 Å². The zero-order valence-corrected chi connectivity index (χ0v) is 12.0. The number of anilines is 1. The Kier molecular flexibility index (Phi) is 4.70. The highest BCUT2D eigenvalue weighted by Crippen LogP contribution is 2.15. The number of aromatic nitrogens is 1. The molecule has 106 valence electrons. The molecular formula is C17H16N2O2. The molecule has 2 aromatic rings. The smallest absolute Gasteiger partial charge is 0.274 e. The first-order valence-corrected chi connectivity index (χ1v) is 6.55. The molecule has 4 heteroatoms. The predicted molar refractivity (Wildman–Crippen MR) is 82.1 cm³/mol. The van der Waals surface area contributed by atoms with Gasteiger partial charge in [0.15, 0.2) is 0 Å². The van der Waals surface area contributed by atoms with Crippen LogP contribution in [0.2, 0.25) is 0 Å². The van der Waals surface area contributed by atoms with Crippen LogP contribution in [0.25, 0.3) is 0 Å². The minimum atomic E-state index is -0.243. The quantitative estimate of drug-likeness (QED) is 0.830. The highest BCUT2D eigenvalue weighted by Gasteiger charge is 2.08. The lowest BCUT2D eigenvalue weighted by molar-refractivity contribution is 0.102. The Balaban J connectivity index is 2.17. The molecule has 0 radical (unpaired) electrons. The highest BCUT2D eigenvalue weighted by molar-refractivity contribution is 6.02. The maximum Gasteiger partial charge on any atom is 0.274 e. The molecule has 0 unspecified atom stereocenters. The number of carbonyl (C=O) groups is 1. The van der Waals surface area contributed by atoms with Crippen LogP contribution in [0.4, 0.5) is 5.69 Å². The van der Waals surface area contributed by atoms with E-state index in [4.69, 9.17) is 5.11 Å². The number of carbonyl (C=O) groups excluding carboxylic acids is 1. The third kappa shape index (κ3) is 3.91. The monoisotopic (exact) mass is 280 g/mol. The topological polar surface area (TPSA) is 62.2 Å². The molecule has 0 aliphatic carbocycles. The van der Waals surface area contributed by atoms with Gasteiger partial charge in [0.05, 0.1) is 0 Å². The van der Waals surface area contributed by atoms with E-state index in [0.717, 1.165) is 16.8 Å². The van der Waals surface area contributed by atoms with E-state index in [1.807, 2.05) is 32.0 Å². The van der Waals surface area contributed by atoms with Crippen LogP contribution >= 0.6 is 0 Å². The van der Waals surface area contributed by atoms with Crippen molar-refractivity contribution < 1.29 is 9.90 Å². The Morgan fingerprint density at radius 3 is 2.76 bits per heavy atom. The first-order chi connectivity index (χ1) is 10.1. The number of hydrogen-bond acceptors (Lipinski definition) is 3. The van der Waals surface area contributed by atoms with Crippen LogP contribution in [-0.4, -0.2) is 22.6 Å². The fraction of sp³-hybridized carbons (Fsp3) is 0.176. The Bertz CT molecular complexity index is 727. The molecule has 0 spiro atoms. The van der Waals surface area contributed by atoms with Gasteiger partial charge in [-0.1, -0.05) is 17.9 Å². The number of hydrogen-bond donors (Lipinski definition) is 2. The third-order valence-electron chi connectivity index (χ3n) is 2.91. The number of benzene rings is 1. The van der Waals surface area contributed by atoms with Crippen LogP contribution in [-0.2, 0) is 0 Å². The van der Waals surface area contributed by atoms with Gasteiger partial charge in [-0.3, -0.25) is 4.79 Å². The lowest BCUT2D eigenvalue weighted by atomic mass is 10.1. The molecule has 1 heterocycles.